The lowest BCUT2D eigenvalue weighted by atomic mass is 10.1. The third kappa shape index (κ3) is 7.02. The third-order valence-electron chi connectivity index (χ3n) is 5.04. The van der Waals surface area contributed by atoms with E-state index < -0.39 is 31.0 Å². The molecule has 0 spiro atoms. The van der Waals surface area contributed by atoms with Gasteiger partial charge in [-0.25, -0.2) is 4.79 Å². The number of ether oxygens (including phenoxy) is 3. The Morgan fingerprint density at radius 3 is 2.31 bits per heavy atom. The van der Waals surface area contributed by atoms with Gasteiger partial charge < -0.3 is 24.8 Å². The minimum absolute atomic E-state index is 0.0315. The third-order valence-corrected chi connectivity index (χ3v) is 5.04. The van der Waals surface area contributed by atoms with Gasteiger partial charge in [0.15, 0.2) is 18.1 Å². The summed E-state index contributed by atoms with van der Waals surface area (Å²) in [5.74, 6) is -2.30. The molecule has 0 bridgehead atoms. The van der Waals surface area contributed by atoms with Crippen molar-refractivity contribution < 1.29 is 37.4 Å². The van der Waals surface area contributed by atoms with Crippen LogP contribution in [-0.2, 0) is 9.53 Å². The van der Waals surface area contributed by atoms with E-state index in [9.17, 15) is 23.2 Å². The second-order valence-corrected chi connectivity index (χ2v) is 7.52. The van der Waals surface area contributed by atoms with Crippen LogP contribution in [-0.4, -0.2) is 38.1 Å². The highest BCUT2D eigenvalue weighted by Crippen LogP contribution is 2.29. The van der Waals surface area contributed by atoms with Crippen LogP contribution < -0.4 is 20.1 Å². The Bertz CT molecular complexity index is 1220. The van der Waals surface area contributed by atoms with Crippen molar-refractivity contribution in [3.8, 4) is 11.5 Å². The van der Waals surface area contributed by atoms with Crippen molar-refractivity contribution in [2.75, 3.05) is 19.0 Å². The van der Waals surface area contributed by atoms with E-state index in [1.54, 1.807) is 24.3 Å². The first-order chi connectivity index (χ1) is 17.3. The molecule has 3 aromatic carbocycles. The molecule has 0 aliphatic carbocycles. The van der Waals surface area contributed by atoms with Crippen molar-refractivity contribution in [3.05, 3.63) is 89.5 Å². The average Bonchev–Trinajstić information content (AvgIpc) is 2.88. The van der Waals surface area contributed by atoms with Gasteiger partial charge in [0, 0.05) is 0 Å². The van der Waals surface area contributed by atoms with Crippen LogP contribution >= 0.6 is 0 Å². The molecule has 0 saturated heterocycles. The van der Waals surface area contributed by atoms with Crippen molar-refractivity contribution in [1.29, 1.82) is 0 Å². The van der Waals surface area contributed by atoms with E-state index in [4.69, 9.17) is 9.47 Å². The molecule has 3 rings (SSSR count). The van der Waals surface area contributed by atoms with Crippen LogP contribution in [0.5, 0.6) is 11.5 Å². The predicted molar refractivity (Wildman–Crippen MR) is 127 cm³/mol. The van der Waals surface area contributed by atoms with Gasteiger partial charge in [-0.15, -0.1) is 0 Å². The topological polar surface area (TPSA) is 103 Å². The SMILES string of the molecule is COc1cc(C(=O)OCC(=O)Nc2ccccc2C(=O)NC(C)c2ccccc2)ccc1OC(F)F. The van der Waals surface area contributed by atoms with Crippen LogP contribution in [0.2, 0.25) is 0 Å². The van der Waals surface area contributed by atoms with Gasteiger partial charge in [0.05, 0.1) is 30.0 Å². The molecule has 0 heterocycles. The van der Waals surface area contributed by atoms with Crippen LogP contribution in [0.4, 0.5) is 14.5 Å². The summed E-state index contributed by atoms with van der Waals surface area (Å²) in [5, 5.41) is 5.44. The molecule has 2 amide bonds. The Labute approximate surface area is 206 Å². The second kappa shape index (κ2) is 12.3. The lowest BCUT2D eigenvalue weighted by molar-refractivity contribution is -0.119. The molecule has 0 saturated carbocycles. The van der Waals surface area contributed by atoms with Gasteiger partial charge in [0.25, 0.3) is 11.8 Å². The molecule has 1 unspecified atom stereocenters. The molecule has 8 nitrogen and oxygen atoms in total. The molecule has 0 aliphatic heterocycles. The molecule has 1 atom stereocenters. The zero-order chi connectivity index (χ0) is 26.1. The van der Waals surface area contributed by atoms with E-state index in [2.05, 4.69) is 15.4 Å². The van der Waals surface area contributed by atoms with E-state index in [1.807, 2.05) is 37.3 Å². The second-order valence-electron chi connectivity index (χ2n) is 7.52. The Morgan fingerprint density at radius 1 is 0.917 bits per heavy atom. The number of hydrogen-bond donors (Lipinski definition) is 2. The highest BCUT2D eigenvalue weighted by Gasteiger charge is 2.18. The number of benzene rings is 3. The normalized spacial score (nSPS) is 11.4. The maximum Gasteiger partial charge on any atom is 0.387 e. The number of nitrogens with one attached hydrogen (secondary N) is 2. The first-order valence-corrected chi connectivity index (χ1v) is 10.8. The van der Waals surface area contributed by atoms with Gasteiger partial charge in [-0.05, 0) is 42.8 Å². The molecule has 2 N–H and O–H groups in total. The summed E-state index contributed by atoms with van der Waals surface area (Å²) in [5.41, 5.74) is 1.37. The van der Waals surface area contributed by atoms with Gasteiger partial charge in [-0.1, -0.05) is 42.5 Å². The quantitative estimate of drug-likeness (QED) is 0.397. The molecule has 0 aliphatic rings. The van der Waals surface area contributed by atoms with Crippen LogP contribution in [0.25, 0.3) is 0 Å². The fourth-order valence-corrected chi connectivity index (χ4v) is 3.28. The first kappa shape index (κ1) is 26.1. The molecule has 188 valence electrons. The Kier molecular flexibility index (Phi) is 8.93. The molecule has 0 fully saturated rings. The fraction of sp³-hybridized carbons (Fsp3) is 0.192. The van der Waals surface area contributed by atoms with Crippen LogP contribution in [0, 0.1) is 0 Å². The maximum absolute atomic E-state index is 12.8. The molecular weight excluding hydrogens is 474 g/mol. The number of hydrogen-bond acceptors (Lipinski definition) is 6. The van der Waals surface area contributed by atoms with Crippen LogP contribution in [0.3, 0.4) is 0 Å². The molecule has 3 aromatic rings. The molecule has 0 aromatic heterocycles. The van der Waals surface area contributed by atoms with Crippen molar-refractivity contribution in [2.45, 2.75) is 19.6 Å². The van der Waals surface area contributed by atoms with E-state index >= 15 is 0 Å². The number of halogens is 2. The average molecular weight is 498 g/mol. The van der Waals surface area contributed by atoms with E-state index in [1.165, 1.54) is 13.2 Å². The first-order valence-electron chi connectivity index (χ1n) is 10.8. The largest absolute Gasteiger partial charge is 0.493 e. The van der Waals surface area contributed by atoms with E-state index in [-0.39, 0.29) is 34.4 Å². The summed E-state index contributed by atoms with van der Waals surface area (Å²) in [6, 6.07) is 19.0. The van der Waals surface area contributed by atoms with Gasteiger partial charge >= 0.3 is 12.6 Å². The summed E-state index contributed by atoms with van der Waals surface area (Å²) in [4.78, 5) is 37.6. The summed E-state index contributed by atoms with van der Waals surface area (Å²) in [6.07, 6.45) is 0. The highest BCUT2D eigenvalue weighted by molar-refractivity contribution is 6.04. The fourth-order valence-electron chi connectivity index (χ4n) is 3.28. The summed E-state index contributed by atoms with van der Waals surface area (Å²) in [6.45, 7) is -1.87. The summed E-state index contributed by atoms with van der Waals surface area (Å²) >= 11 is 0. The predicted octanol–water partition coefficient (Wildman–Crippen LogP) is 4.58. The van der Waals surface area contributed by atoms with Crippen molar-refractivity contribution in [2.24, 2.45) is 0 Å². The number of esters is 1. The number of amides is 2. The maximum atomic E-state index is 12.8. The number of anilines is 1. The number of carbonyl (C=O) groups is 3. The zero-order valence-electron chi connectivity index (χ0n) is 19.5. The van der Waals surface area contributed by atoms with Crippen molar-refractivity contribution in [3.63, 3.8) is 0 Å². The molecular formula is C26H24F2N2O6. The number of rotatable bonds is 10. The van der Waals surface area contributed by atoms with Crippen molar-refractivity contribution >= 4 is 23.5 Å². The Hall–Kier alpha value is -4.47. The standard InChI is InChI=1S/C26H24F2N2O6/c1-16(17-8-4-3-5-9-17)29-24(32)19-10-6-7-11-20(19)30-23(31)15-35-25(33)18-12-13-21(36-26(27)28)22(14-18)34-2/h3-14,16,26H,15H2,1-2H3,(H,29,32)(H,30,31). The lowest BCUT2D eigenvalue weighted by Gasteiger charge is -2.16. The van der Waals surface area contributed by atoms with Gasteiger partial charge in [-0.3, -0.25) is 9.59 Å². The number of para-hydroxylation sites is 1. The monoisotopic (exact) mass is 498 g/mol. The smallest absolute Gasteiger partial charge is 0.387 e. The Morgan fingerprint density at radius 2 is 1.61 bits per heavy atom. The Balaban J connectivity index is 1.61. The minimum Gasteiger partial charge on any atom is -0.493 e. The minimum atomic E-state index is -3.06. The van der Waals surface area contributed by atoms with E-state index in [0.717, 1.165) is 17.7 Å². The molecule has 36 heavy (non-hydrogen) atoms. The van der Waals surface area contributed by atoms with Crippen LogP contribution in [0.15, 0.2) is 72.8 Å². The highest BCUT2D eigenvalue weighted by atomic mass is 19.3. The number of carbonyl (C=O) groups excluding carboxylic acids is 3. The van der Waals surface area contributed by atoms with Gasteiger partial charge in [0.1, 0.15) is 0 Å². The molecule has 0 radical (unpaired) electrons. The zero-order valence-corrected chi connectivity index (χ0v) is 19.5. The number of methoxy groups -OCH3 is 1. The lowest BCUT2D eigenvalue weighted by Crippen LogP contribution is -2.28. The summed E-state index contributed by atoms with van der Waals surface area (Å²) in [7, 11) is 1.23. The van der Waals surface area contributed by atoms with Crippen molar-refractivity contribution in [1.82, 2.24) is 5.32 Å². The molecule has 10 heteroatoms. The number of alkyl halides is 2. The summed E-state index contributed by atoms with van der Waals surface area (Å²) < 4.78 is 39.2. The van der Waals surface area contributed by atoms with E-state index in [0.29, 0.717) is 0 Å². The van der Waals surface area contributed by atoms with Gasteiger partial charge in [-0.2, -0.15) is 8.78 Å². The van der Waals surface area contributed by atoms with Gasteiger partial charge in [0.2, 0.25) is 0 Å². The van der Waals surface area contributed by atoms with Crippen LogP contribution in [0.1, 0.15) is 39.2 Å².